The summed E-state index contributed by atoms with van der Waals surface area (Å²) in [5, 5.41) is 3.53. The Morgan fingerprint density at radius 3 is 2.68 bits per heavy atom. The van der Waals surface area contributed by atoms with E-state index in [0.29, 0.717) is 24.1 Å². The van der Waals surface area contributed by atoms with Gasteiger partial charge in [0, 0.05) is 11.7 Å². The Bertz CT molecular complexity index is 801. The van der Waals surface area contributed by atoms with Crippen molar-refractivity contribution in [3.63, 3.8) is 0 Å². The van der Waals surface area contributed by atoms with Crippen LogP contribution in [0.1, 0.15) is 41.9 Å². The van der Waals surface area contributed by atoms with Gasteiger partial charge in [-0.15, -0.1) is 0 Å². The number of rotatable bonds is 5. The van der Waals surface area contributed by atoms with Crippen LogP contribution in [0.3, 0.4) is 0 Å². The Morgan fingerprint density at radius 2 is 1.96 bits per heavy atom. The van der Waals surface area contributed by atoms with Gasteiger partial charge in [-0.05, 0) is 49.6 Å². The van der Waals surface area contributed by atoms with E-state index in [2.05, 4.69) is 5.32 Å². The number of ether oxygens (including phenoxy) is 2. The minimum absolute atomic E-state index is 0.0923. The third-order valence-electron chi connectivity index (χ3n) is 4.71. The number of anilines is 1. The maximum atomic E-state index is 13.0. The molecule has 4 rings (SSSR count). The molecule has 2 aliphatic rings. The molecule has 1 atom stereocenters. The second-order valence-electron chi connectivity index (χ2n) is 6.38. The van der Waals surface area contributed by atoms with Crippen LogP contribution in [0.5, 0.6) is 11.5 Å². The summed E-state index contributed by atoms with van der Waals surface area (Å²) < 4.78 is 11.1. The minimum atomic E-state index is -0.195. The number of benzene rings is 2. The number of carbonyl (C=O) groups is 1. The molecule has 0 unspecified atom stereocenters. The van der Waals surface area contributed by atoms with Crippen LogP contribution in [-0.4, -0.2) is 30.6 Å². The fourth-order valence-corrected chi connectivity index (χ4v) is 3.37. The van der Waals surface area contributed by atoms with Crippen LogP contribution in [-0.2, 0) is 0 Å². The highest BCUT2D eigenvalue weighted by atomic mass is 16.5. The molecule has 0 spiro atoms. The molecule has 1 aliphatic heterocycles. The van der Waals surface area contributed by atoms with Gasteiger partial charge in [-0.1, -0.05) is 18.2 Å². The van der Waals surface area contributed by atoms with Crippen LogP contribution in [0.4, 0.5) is 5.69 Å². The van der Waals surface area contributed by atoms with Gasteiger partial charge in [0.25, 0.3) is 5.91 Å². The van der Waals surface area contributed by atoms with Gasteiger partial charge in [-0.25, -0.2) is 0 Å². The Hall–Kier alpha value is -2.69. The fourth-order valence-electron chi connectivity index (χ4n) is 3.37. The first-order chi connectivity index (χ1) is 12.2. The zero-order valence-electron chi connectivity index (χ0n) is 14.5. The van der Waals surface area contributed by atoms with E-state index in [0.717, 1.165) is 29.7 Å². The van der Waals surface area contributed by atoms with E-state index < -0.39 is 0 Å². The second kappa shape index (κ2) is 6.31. The molecule has 1 N–H and O–H groups in total. The molecule has 5 nitrogen and oxygen atoms in total. The average Bonchev–Trinajstić information content (AvgIpc) is 3.47. The van der Waals surface area contributed by atoms with E-state index in [1.165, 1.54) is 0 Å². The van der Waals surface area contributed by atoms with E-state index in [4.69, 9.17) is 9.47 Å². The van der Waals surface area contributed by atoms with Crippen molar-refractivity contribution in [2.75, 3.05) is 19.0 Å². The van der Waals surface area contributed by atoms with Crippen LogP contribution in [0.2, 0.25) is 0 Å². The van der Waals surface area contributed by atoms with Gasteiger partial charge in [0.15, 0.2) is 11.5 Å². The lowest BCUT2D eigenvalue weighted by Gasteiger charge is -2.38. The summed E-state index contributed by atoms with van der Waals surface area (Å²) >= 11 is 0. The monoisotopic (exact) mass is 338 g/mol. The average molecular weight is 338 g/mol. The van der Waals surface area contributed by atoms with Gasteiger partial charge in [-0.2, -0.15) is 0 Å². The van der Waals surface area contributed by atoms with Crippen molar-refractivity contribution in [2.24, 2.45) is 0 Å². The number of nitrogens with zero attached hydrogens (tertiary/aromatic N) is 1. The van der Waals surface area contributed by atoms with Crippen molar-refractivity contribution in [3.8, 4) is 11.5 Å². The van der Waals surface area contributed by atoms with E-state index in [9.17, 15) is 4.79 Å². The van der Waals surface area contributed by atoms with E-state index in [1.807, 2.05) is 54.3 Å². The lowest BCUT2D eigenvalue weighted by atomic mass is 10.0. The molecular formula is C20H22N2O3. The van der Waals surface area contributed by atoms with Crippen molar-refractivity contribution in [2.45, 2.75) is 32.0 Å². The lowest BCUT2D eigenvalue weighted by Crippen LogP contribution is -2.44. The van der Waals surface area contributed by atoms with E-state index >= 15 is 0 Å². The first kappa shape index (κ1) is 15.8. The standard InChI is InChI=1S/C20H22N2O3/c1-3-25-17-11-8-13(12-18(17)24-2)19-21-16-7-5-4-6-15(16)20(23)22(19)14-9-10-14/h4-8,11-12,14,19,21H,3,9-10H2,1-2H3/t19-/m0/s1. The summed E-state index contributed by atoms with van der Waals surface area (Å²) in [6, 6.07) is 13.9. The number of nitrogens with one attached hydrogen (secondary N) is 1. The minimum Gasteiger partial charge on any atom is -0.493 e. The molecule has 25 heavy (non-hydrogen) atoms. The molecular weight excluding hydrogens is 316 g/mol. The fraction of sp³-hybridized carbons (Fsp3) is 0.350. The molecule has 2 aromatic carbocycles. The number of hydrogen-bond acceptors (Lipinski definition) is 4. The molecule has 1 heterocycles. The number of methoxy groups -OCH3 is 1. The van der Waals surface area contributed by atoms with E-state index in [-0.39, 0.29) is 12.1 Å². The Kier molecular flexibility index (Phi) is 3.99. The Labute approximate surface area is 147 Å². The van der Waals surface area contributed by atoms with Crippen molar-refractivity contribution in [1.82, 2.24) is 4.90 Å². The largest absolute Gasteiger partial charge is 0.493 e. The predicted octanol–water partition coefficient (Wildman–Crippen LogP) is 3.82. The summed E-state index contributed by atoms with van der Waals surface area (Å²) in [6.07, 6.45) is 1.92. The van der Waals surface area contributed by atoms with Crippen LogP contribution < -0.4 is 14.8 Å². The third-order valence-corrected chi connectivity index (χ3v) is 4.71. The first-order valence-electron chi connectivity index (χ1n) is 8.72. The quantitative estimate of drug-likeness (QED) is 0.900. The van der Waals surface area contributed by atoms with Gasteiger partial charge in [0.1, 0.15) is 6.17 Å². The van der Waals surface area contributed by atoms with Crippen molar-refractivity contribution in [3.05, 3.63) is 53.6 Å². The topological polar surface area (TPSA) is 50.8 Å². The number of fused-ring (bicyclic) bond motifs is 1. The predicted molar refractivity (Wildman–Crippen MR) is 96.2 cm³/mol. The number of hydrogen-bond donors (Lipinski definition) is 1. The molecule has 1 amide bonds. The van der Waals surface area contributed by atoms with Crippen molar-refractivity contribution in [1.29, 1.82) is 0 Å². The maximum Gasteiger partial charge on any atom is 0.258 e. The van der Waals surface area contributed by atoms with Gasteiger partial charge >= 0.3 is 0 Å². The second-order valence-corrected chi connectivity index (χ2v) is 6.38. The highest BCUT2D eigenvalue weighted by Crippen LogP contribution is 2.42. The number of amides is 1. The van der Waals surface area contributed by atoms with Crippen molar-refractivity contribution >= 4 is 11.6 Å². The Balaban J connectivity index is 1.74. The normalized spacial score (nSPS) is 19.2. The summed E-state index contributed by atoms with van der Waals surface area (Å²) in [5.74, 6) is 1.49. The molecule has 1 saturated carbocycles. The zero-order chi connectivity index (χ0) is 17.4. The smallest absolute Gasteiger partial charge is 0.258 e. The van der Waals surface area contributed by atoms with Crippen LogP contribution in [0.25, 0.3) is 0 Å². The van der Waals surface area contributed by atoms with E-state index in [1.54, 1.807) is 7.11 Å². The molecule has 130 valence electrons. The first-order valence-corrected chi connectivity index (χ1v) is 8.72. The van der Waals surface area contributed by atoms with Gasteiger partial charge in [-0.3, -0.25) is 4.79 Å². The summed E-state index contributed by atoms with van der Waals surface area (Å²) in [4.78, 5) is 15.0. The summed E-state index contributed by atoms with van der Waals surface area (Å²) in [6.45, 7) is 2.53. The van der Waals surface area contributed by atoms with Gasteiger partial charge < -0.3 is 19.7 Å². The molecule has 0 aromatic heterocycles. The highest BCUT2D eigenvalue weighted by Gasteiger charge is 2.42. The number of carbonyl (C=O) groups excluding carboxylic acids is 1. The lowest BCUT2D eigenvalue weighted by molar-refractivity contribution is 0.0666. The summed E-state index contributed by atoms with van der Waals surface area (Å²) in [5.41, 5.74) is 2.61. The molecule has 1 fully saturated rings. The molecule has 2 aromatic rings. The molecule has 0 bridgehead atoms. The molecule has 0 radical (unpaired) electrons. The third kappa shape index (κ3) is 2.80. The molecule has 0 saturated heterocycles. The Morgan fingerprint density at radius 1 is 1.16 bits per heavy atom. The van der Waals surface area contributed by atoms with Crippen molar-refractivity contribution < 1.29 is 14.3 Å². The molecule has 1 aliphatic carbocycles. The van der Waals surface area contributed by atoms with Gasteiger partial charge in [0.2, 0.25) is 0 Å². The highest BCUT2D eigenvalue weighted by molar-refractivity contribution is 6.02. The van der Waals surface area contributed by atoms with Crippen LogP contribution >= 0.6 is 0 Å². The van der Waals surface area contributed by atoms with Gasteiger partial charge in [0.05, 0.1) is 19.3 Å². The molecule has 5 heteroatoms. The maximum absolute atomic E-state index is 13.0. The SMILES string of the molecule is CCOc1ccc([C@H]2Nc3ccccc3C(=O)N2C2CC2)cc1OC. The summed E-state index contributed by atoms with van der Waals surface area (Å²) in [7, 11) is 1.63. The number of para-hydroxylation sites is 1. The van der Waals surface area contributed by atoms with Crippen LogP contribution in [0.15, 0.2) is 42.5 Å². The zero-order valence-corrected chi connectivity index (χ0v) is 14.5. The van der Waals surface area contributed by atoms with Crippen LogP contribution in [0, 0.1) is 0 Å².